The van der Waals surface area contributed by atoms with Crippen molar-refractivity contribution in [2.24, 2.45) is 0 Å². The van der Waals surface area contributed by atoms with Gasteiger partial charge >= 0.3 is 57.4 Å². The molecule has 0 aliphatic heterocycles. The van der Waals surface area contributed by atoms with Crippen LogP contribution >= 0.6 is 0 Å². The summed E-state index contributed by atoms with van der Waals surface area (Å²) in [6, 6.07) is 23.6. The number of anilines is 2. The van der Waals surface area contributed by atoms with Crippen molar-refractivity contribution >= 4 is 28.0 Å². The molecule has 0 heterocycles. The largest absolute Gasteiger partial charge is 1.00 e. The molecule has 0 aliphatic rings. The first kappa shape index (κ1) is 31.9. The topological polar surface area (TPSA) is 74.7 Å². The molecule has 0 radical (unpaired) electrons. The second kappa shape index (κ2) is 14.7. The van der Waals surface area contributed by atoms with Gasteiger partial charge in [0.1, 0.15) is 5.82 Å². The average Bonchev–Trinajstić information content (AvgIpc) is 2.88. The van der Waals surface area contributed by atoms with Crippen LogP contribution in [0, 0.1) is 19.8 Å². The summed E-state index contributed by atoms with van der Waals surface area (Å²) in [5.41, 5.74) is 3.81. The van der Waals surface area contributed by atoms with Gasteiger partial charge in [-0.3, -0.25) is 7.05 Å². The van der Waals surface area contributed by atoms with Crippen molar-refractivity contribution in [3.05, 3.63) is 109 Å². The second-order valence-corrected chi connectivity index (χ2v) is 9.35. The van der Waals surface area contributed by atoms with E-state index in [4.69, 9.17) is 0 Å². The Kier molecular flexibility index (Phi) is 12.3. The molecule has 4 rings (SSSR count). The zero-order chi connectivity index (χ0) is 27.1. The van der Waals surface area contributed by atoms with E-state index < -0.39 is 28.1 Å². The zero-order valence-corrected chi connectivity index (χ0v) is 25.8. The number of aromatic carboxylic acids is 1. The number of carboxylic acids is 1. The summed E-state index contributed by atoms with van der Waals surface area (Å²) < 4.78 is 38.6. The molecule has 5 nitrogen and oxygen atoms in total. The summed E-state index contributed by atoms with van der Waals surface area (Å²) in [5, 5.41) is 9.39. The molecule has 0 unspecified atom stereocenters. The van der Waals surface area contributed by atoms with Gasteiger partial charge in [-0.1, -0.05) is 85.3 Å². The Morgan fingerprint density at radius 2 is 1.50 bits per heavy atom. The minimum absolute atomic E-state index is 0. The fraction of sp³-hybridized carbons (Fsp3) is 0.133. The molecule has 0 aromatic heterocycles. The Bertz CT molecular complexity index is 1480. The van der Waals surface area contributed by atoms with Gasteiger partial charge in [0, 0.05) is 5.69 Å². The first-order valence-electron chi connectivity index (χ1n) is 11.7. The van der Waals surface area contributed by atoms with Crippen LogP contribution < -0.4 is 56.3 Å². The molecule has 1 N–H and O–H groups in total. The molecule has 8 heteroatoms. The number of rotatable bonds is 6. The van der Waals surface area contributed by atoms with Gasteiger partial charge in [0.25, 0.3) is 0 Å². The van der Waals surface area contributed by atoms with Crippen molar-refractivity contribution in [1.82, 2.24) is 0 Å². The van der Waals surface area contributed by atoms with Gasteiger partial charge in [0.05, 0.1) is 5.56 Å². The molecule has 0 bridgehead atoms. The molecule has 0 spiro atoms. The summed E-state index contributed by atoms with van der Waals surface area (Å²) in [6.45, 7) is 6.18. The summed E-state index contributed by atoms with van der Waals surface area (Å²) in [5.74, 6) is -2.28. The number of aryl methyl sites for hydroxylation is 1. The molecule has 0 aliphatic carbocycles. The summed E-state index contributed by atoms with van der Waals surface area (Å²) in [6.07, 6.45) is 1.25. The van der Waals surface area contributed by atoms with E-state index in [0.29, 0.717) is 28.1 Å². The Balaban J connectivity index is 0.00000121. The van der Waals surface area contributed by atoms with E-state index in [1.807, 2.05) is 61.5 Å². The van der Waals surface area contributed by atoms with E-state index in [1.165, 1.54) is 29.5 Å². The van der Waals surface area contributed by atoms with Gasteiger partial charge in [0.15, 0.2) is 0 Å². The molecular weight excluding hydrogens is 528 g/mol. The molecule has 192 valence electrons. The average molecular weight is 557 g/mol. The maximum absolute atomic E-state index is 14.1. The van der Waals surface area contributed by atoms with Gasteiger partial charge in [0.2, 0.25) is 0 Å². The summed E-state index contributed by atoms with van der Waals surface area (Å²) >= 11 is 0. The number of halogens is 1. The van der Waals surface area contributed by atoms with Crippen LogP contribution in [0.15, 0.2) is 89.8 Å². The zero-order valence-electron chi connectivity index (χ0n) is 21.9. The third kappa shape index (κ3) is 7.62. The maximum Gasteiger partial charge on any atom is 1.00 e. The number of carboxylic acid groups (broad SMARTS) is 1. The summed E-state index contributed by atoms with van der Waals surface area (Å²) in [4.78, 5) is 13.0. The minimum Gasteiger partial charge on any atom is -0.498 e. The van der Waals surface area contributed by atoms with Crippen molar-refractivity contribution in [2.75, 3.05) is 4.90 Å². The molecule has 0 saturated carbocycles. The van der Waals surface area contributed by atoms with Crippen LogP contribution in [0.25, 0.3) is 22.3 Å². The maximum atomic E-state index is 14.1. The first-order valence-corrected chi connectivity index (χ1v) is 12.8. The van der Waals surface area contributed by atoms with Crippen LogP contribution in [-0.2, 0) is 19.1 Å². The van der Waals surface area contributed by atoms with Gasteiger partial charge in [-0.05, 0) is 75.9 Å². The Morgan fingerprint density at radius 3 is 2.08 bits per heavy atom. The number of benzene rings is 4. The number of carbonyl (C=O) groups is 1. The van der Waals surface area contributed by atoms with E-state index in [1.54, 1.807) is 6.07 Å². The predicted molar refractivity (Wildman–Crippen MR) is 146 cm³/mol. The van der Waals surface area contributed by atoms with Crippen molar-refractivity contribution < 1.29 is 74.1 Å². The number of para-hydroxylation sites is 1. The van der Waals surface area contributed by atoms with Crippen molar-refractivity contribution in [3.8, 4) is 22.3 Å². The Labute approximate surface area is 267 Å². The van der Waals surface area contributed by atoms with Gasteiger partial charge in [-0.25, -0.2) is 9.18 Å². The van der Waals surface area contributed by atoms with Crippen LogP contribution in [0.4, 0.5) is 15.8 Å². The molecule has 38 heavy (non-hydrogen) atoms. The molecule has 0 atom stereocenters. The van der Waals surface area contributed by atoms with Crippen molar-refractivity contribution in [2.45, 2.75) is 32.1 Å². The SMILES string of the molecule is CCC.[CH2-]N(c1ccccc1)c1cc(-c2cccc(C)c2)c(-c2ccc(F)c(C(=O)O)c2)cc1[S-](=O)=O.[K+]. The standard InChI is InChI=1S/C27H20FNO4S.C3H8.K/c1-17-7-6-8-18(13-17)21-15-25(29(2)20-9-4-3-5-10-20)26(34(32)33)16-22(21)19-11-12-24(28)23(14-19)27(30)31;1-3-2;/h3-16H,2H2,1H3,(H,30,31);3H2,1-2H3;/q-2;;+1. The first-order chi connectivity index (χ1) is 17.7. The minimum atomic E-state index is -2.63. The molecule has 4 aromatic carbocycles. The van der Waals surface area contributed by atoms with E-state index >= 15 is 0 Å². The van der Waals surface area contributed by atoms with Gasteiger partial charge in [-0.15, -0.1) is 0 Å². The molecule has 0 amide bonds. The van der Waals surface area contributed by atoms with Crippen LogP contribution in [0.2, 0.25) is 0 Å². The molecular formula is C30H28FKNO4S-. The van der Waals surface area contributed by atoms with E-state index in [2.05, 4.69) is 20.9 Å². The fourth-order valence-corrected chi connectivity index (χ4v) is 4.36. The number of hydrogen-bond donors (Lipinski definition) is 1. The third-order valence-corrected chi connectivity index (χ3v) is 6.16. The smallest absolute Gasteiger partial charge is 0.498 e. The quantitative estimate of drug-likeness (QED) is 0.201. The number of hydrogen-bond acceptors (Lipinski definition) is 5. The predicted octanol–water partition coefficient (Wildman–Crippen LogP) is 5.18. The fourth-order valence-electron chi connectivity index (χ4n) is 3.81. The molecule has 0 fully saturated rings. The van der Waals surface area contributed by atoms with Gasteiger partial charge < -0.3 is 18.4 Å². The Hall–Kier alpha value is -2.33. The summed E-state index contributed by atoms with van der Waals surface area (Å²) in [7, 11) is 1.43. The van der Waals surface area contributed by atoms with Crippen LogP contribution in [0.1, 0.15) is 36.2 Å². The van der Waals surface area contributed by atoms with Crippen molar-refractivity contribution in [1.29, 1.82) is 0 Å². The van der Waals surface area contributed by atoms with E-state index in [9.17, 15) is 22.7 Å². The van der Waals surface area contributed by atoms with E-state index in [-0.39, 0.29) is 56.3 Å². The molecule has 0 saturated heterocycles. The van der Waals surface area contributed by atoms with E-state index in [0.717, 1.165) is 17.2 Å². The molecule has 4 aromatic rings. The van der Waals surface area contributed by atoms with Crippen LogP contribution in [0.5, 0.6) is 0 Å². The van der Waals surface area contributed by atoms with Crippen molar-refractivity contribution in [3.63, 3.8) is 0 Å². The normalized spacial score (nSPS) is 10.3. The van der Waals surface area contributed by atoms with Crippen LogP contribution in [0.3, 0.4) is 0 Å². The van der Waals surface area contributed by atoms with Gasteiger partial charge in [-0.2, -0.15) is 0 Å². The second-order valence-electron chi connectivity index (χ2n) is 8.44. The van der Waals surface area contributed by atoms with Crippen LogP contribution in [-0.4, -0.2) is 11.1 Å². The Morgan fingerprint density at radius 1 is 0.895 bits per heavy atom. The number of nitrogens with zero attached hydrogens (tertiary/aromatic N) is 1. The monoisotopic (exact) mass is 556 g/mol. The third-order valence-electron chi connectivity index (χ3n) is 5.47.